The van der Waals surface area contributed by atoms with E-state index in [-0.39, 0.29) is 24.0 Å². The molecule has 9 nitrogen and oxygen atoms in total. The minimum Gasteiger partial charge on any atom is -0.393 e. The van der Waals surface area contributed by atoms with Crippen molar-refractivity contribution in [3.8, 4) is 11.4 Å². The number of nitrogens with two attached hydrogens (primary N) is 1. The summed E-state index contributed by atoms with van der Waals surface area (Å²) in [6.07, 6.45) is 11.1. The number of nitrogens with zero attached hydrogens (tertiary/aromatic N) is 5. The molecule has 0 radical (unpaired) electrons. The fraction of sp³-hybridized carbons (Fsp3) is 0.553. The summed E-state index contributed by atoms with van der Waals surface area (Å²) in [5.41, 5.74) is 13.8. The Balaban J connectivity index is 1.09. The molecule has 8 rings (SSSR count). The molecule has 47 heavy (non-hydrogen) atoms. The lowest BCUT2D eigenvalue weighted by atomic mass is 9.84. The van der Waals surface area contributed by atoms with Crippen molar-refractivity contribution < 1.29 is 14.7 Å². The van der Waals surface area contributed by atoms with E-state index in [9.17, 15) is 14.7 Å². The van der Waals surface area contributed by atoms with Crippen LogP contribution in [0, 0.1) is 18.8 Å². The van der Waals surface area contributed by atoms with Crippen molar-refractivity contribution in [2.45, 2.75) is 95.7 Å². The number of fused-ring (bicyclic) bond motifs is 2. The van der Waals surface area contributed by atoms with E-state index in [0.29, 0.717) is 29.9 Å². The number of carbonyl (C=O) groups excluding carboxylic acids is 2. The van der Waals surface area contributed by atoms with Gasteiger partial charge in [0.05, 0.1) is 28.4 Å². The van der Waals surface area contributed by atoms with Crippen LogP contribution in [0.25, 0.3) is 27.8 Å². The third-order valence-corrected chi connectivity index (χ3v) is 11.5. The van der Waals surface area contributed by atoms with E-state index in [0.717, 1.165) is 100 Å². The van der Waals surface area contributed by atoms with Gasteiger partial charge >= 0.3 is 0 Å². The molecule has 3 N–H and O–H groups in total. The van der Waals surface area contributed by atoms with Crippen molar-refractivity contribution >= 4 is 28.2 Å². The van der Waals surface area contributed by atoms with Crippen molar-refractivity contribution in [1.82, 2.24) is 24.0 Å². The standard InChI is InChI=1S/C38H48N6O3/c1-24-33-14-11-29(38(47)42-17-3-5-30(39)23-42)22-44(33)40-35(24)34-20-28-4-2-6-32(36(28)43(34)21-25-7-8-25)26-15-18-41(19-16-26)37(46)27-9-12-31(45)13-10-27/h2,4,6,11,14,20,22,25-27,30-31,45H,3,5,7-10,12-13,15-19,21,23,39H2,1H3. The first-order chi connectivity index (χ1) is 22.8. The number of aliphatic hydroxyl groups is 1. The van der Waals surface area contributed by atoms with Crippen LogP contribution in [0.2, 0.25) is 0 Å². The molecule has 248 valence electrons. The van der Waals surface area contributed by atoms with Crippen LogP contribution in [0.1, 0.15) is 91.6 Å². The van der Waals surface area contributed by atoms with E-state index in [2.05, 4.69) is 40.7 Å². The van der Waals surface area contributed by atoms with Crippen LogP contribution < -0.4 is 5.73 Å². The van der Waals surface area contributed by atoms with Gasteiger partial charge in [-0.3, -0.25) is 9.59 Å². The number of aryl methyl sites for hydroxylation is 1. The van der Waals surface area contributed by atoms with Gasteiger partial charge in [-0.2, -0.15) is 5.10 Å². The van der Waals surface area contributed by atoms with Crippen LogP contribution in [0.4, 0.5) is 0 Å². The molecule has 2 aliphatic carbocycles. The van der Waals surface area contributed by atoms with Gasteiger partial charge in [0.2, 0.25) is 5.91 Å². The molecule has 4 aromatic rings. The predicted octanol–water partition coefficient (Wildman–Crippen LogP) is 5.49. The summed E-state index contributed by atoms with van der Waals surface area (Å²) in [6, 6.07) is 13.0. The second kappa shape index (κ2) is 12.4. The molecular weight excluding hydrogens is 588 g/mol. The number of pyridine rings is 1. The number of rotatable bonds is 6. The van der Waals surface area contributed by atoms with Crippen LogP contribution in [0.5, 0.6) is 0 Å². The van der Waals surface area contributed by atoms with Crippen molar-refractivity contribution in [1.29, 1.82) is 0 Å². The van der Waals surface area contributed by atoms with E-state index >= 15 is 0 Å². The van der Waals surface area contributed by atoms with E-state index in [1.807, 2.05) is 27.7 Å². The zero-order chi connectivity index (χ0) is 32.2. The molecular formula is C38H48N6O3. The van der Waals surface area contributed by atoms with Gasteiger partial charge in [-0.25, -0.2) is 4.52 Å². The summed E-state index contributed by atoms with van der Waals surface area (Å²) >= 11 is 0. The maximum atomic E-state index is 13.4. The Morgan fingerprint density at radius 2 is 1.72 bits per heavy atom. The molecule has 3 aromatic heterocycles. The van der Waals surface area contributed by atoms with Gasteiger partial charge in [0.25, 0.3) is 5.91 Å². The summed E-state index contributed by atoms with van der Waals surface area (Å²) in [7, 11) is 0. The Morgan fingerprint density at radius 1 is 0.936 bits per heavy atom. The minimum atomic E-state index is -0.238. The Labute approximate surface area is 276 Å². The van der Waals surface area contributed by atoms with Crippen molar-refractivity contribution in [2.75, 3.05) is 26.2 Å². The summed E-state index contributed by atoms with van der Waals surface area (Å²) in [5.74, 6) is 1.47. The van der Waals surface area contributed by atoms with Crippen LogP contribution in [0.15, 0.2) is 42.6 Å². The maximum absolute atomic E-state index is 13.4. The number of amides is 2. The Bertz CT molecular complexity index is 1800. The molecule has 1 atom stereocenters. The van der Waals surface area contributed by atoms with Crippen LogP contribution >= 0.6 is 0 Å². The number of hydrogen-bond donors (Lipinski definition) is 2. The summed E-state index contributed by atoms with van der Waals surface area (Å²) < 4.78 is 4.42. The molecule has 1 aromatic carbocycles. The van der Waals surface area contributed by atoms with Gasteiger partial charge in [0.1, 0.15) is 5.69 Å². The van der Waals surface area contributed by atoms with E-state index < -0.39 is 0 Å². The van der Waals surface area contributed by atoms with Gasteiger partial charge in [-0.15, -0.1) is 0 Å². The number of aromatic nitrogens is 3. The second-order valence-electron chi connectivity index (χ2n) is 14.8. The predicted molar refractivity (Wildman–Crippen MR) is 183 cm³/mol. The summed E-state index contributed by atoms with van der Waals surface area (Å²) in [4.78, 5) is 30.7. The molecule has 9 heteroatoms. The van der Waals surface area contributed by atoms with Crippen molar-refractivity contribution in [3.05, 3.63) is 59.3 Å². The SMILES string of the molecule is Cc1c(-c2cc3cccc(C4CCN(C(=O)C5CCC(O)CC5)CC4)c3n2CC2CC2)nn2cc(C(=O)N3CCCC(N)C3)ccc12. The van der Waals surface area contributed by atoms with Gasteiger partial charge in [0, 0.05) is 61.8 Å². The average molecular weight is 637 g/mol. The molecule has 0 bridgehead atoms. The third-order valence-electron chi connectivity index (χ3n) is 11.5. The van der Waals surface area contributed by atoms with E-state index in [1.54, 1.807) is 0 Å². The number of aliphatic hydroxyl groups excluding tert-OH is 1. The lowest BCUT2D eigenvalue weighted by molar-refractivity contribution is -0.138. The van der Waals surface area contributed by atoms with Crippen molar-refractivity contribution in [3.63, 3.8) is 0 Å². The molecule has 2 saturated carbocycles. The first-order valence-corrected chi connectivity index (χ1v) is 18.0. The Hall–Kier alpha value is -3.69. The lowest BCUT2D eigenvalue weighted by Gasteiger charge is -2.36. The highest BCUT2D eigenvalue weighted by molar-refractivity contribution is 5.95. The summed E-state index contributed by atoms with van der Waals surface area (Å²) in [6.45, 7) is 6.06. The highest BCUT2D eigenvalue weighted by atomic mass is 16.3. The number of benzene rings is 1. The topological polar surface area (TPSA) is 109 Å². The Morgan fingerprint density at radius 3 is 2.47 bits per heavy atom. The highest BCUT2D eigenvalue weighted by Gasteiger charge is 2.33. The van der Waals surface area contributed by atoms with E-state index in [4.69, 9.17) is 10.8 Å². The molecule has 4 fully saturated rings. The zero-order valence-corrected chi connectivity index (χ0v) is 27.6. The fourth-order valence-electron chi connectivity index (χ4n) is 8.54. The van der Waals surface area contributed by atoms with Gasteiger partial charge in [0.15, 0.2) is 0 Å². The van der Waals surface area contributed by atoms with Crippen LogP contribution in [-0.2, 0) is 11.3 Å². The number of carbonyl (C=O) groups is 2. The molecule has 0 spiro atoms. The largest absolute Gasteiger partial charge is 0.393 e. The summed E-state index contributed by atoms with van der Waals surface area (Å²) in [5, 5.41) is 16.3. The quantitative estimate of drug-likeness (QED) is 0.291. The van der Waals surface area contributed by atoms with Crippen LogP contribution in [-0.4, -0.2) is 79.2 Å². The molecule has 2 amide bonds. The average Bonchev–Trinajstić information content (AvgIpc) is 3.76. The zero-order valence-electron chi connectivity index (χ0n) is 27.6. The number of para-hydroxylation sites is 1. The smallest absolute Gasteiger partial charge is 0.255 e. The normalized spacial score (nSPS) is 24.4. The molecule has 2 aliphatic heterocycles. The molecule has 1 unspecified atom stereocenters. The molecule has 2 saturated heterocycles. The second-order valence-corrected chi connectivity index (χ2v) is 14.8. The van der Waals surface area contributed by atoms with Crippen LogP contribution in [0.3, 0.4) is 0 Å². The van der Waals surface area contributed by atoms with E-state index in [1.165, 1.54) is 29.3 Å². The fourth-order valence-corrected chi connectivity index (χ4v) is 8.54. The monoisotopic (exact) mass is 636 g/mol. The Kier molecular flexibility index (Phi) is 8.08. The number of hydrogen-bond acceptors (Lipinski definition) is 5. The highest BCUT2D eigenvalue weighted by Crippen LogP contribution is 2.41. The minimum absolute atomic E-state index is 0.0227. The number of likely N-dealkylation sites (tertiary alicyclic amines) is 2. The first-order valence-electron chi connectivity index (χ1n) is 18.0. The van der Waals surface area contributed by atoms with Crippen molar-refractivity contribution in [2.24, 2.45) is 17.6 Å². The maximum Gasteiger partial charge on any atom is 0.255 e. The van der Waals surface area contributed by atoms with Gasteiger partial charge < -0.3 is 25.2 Å². The lowest BCUT2D eigenvalue weighted by Crippen LogP contribution is -2.45. The number of piperidine rings is 2. The first kappa shape index (κ1) is 30.6. The van der Waals surface area contributed by atoms with Gasteiger partial charge in [-0.1, -0.05) is 18.2 Å². The molecule has 5 heterocycles. The third kappa shape index (κ3) is 5.86. The molecule has 4 aliphatic rings. The van der Waals surface area contributed by atoms with Gasteiger partial charge in [-0.05, 0) is 107 Å².